The van der Waals surface area contributed by atoms with Crippen LogP contribution in [0.3, 0.4) is 0 Å². The minimum Gasteiger partial charge on any atom is -0.436 e. The van der Waals surface area contributed by atoms with Crippen molar-refractivity contribution in [3.05, 3.63) is 47.8 Å². The zero-order valence-electron chi connectivity index (χ0n) is 13.4. The lowest BCUT2D eigenvalue weighted by Gasteiger charge is -2.23. The molecule has 3 heterocycles. The SMILES string of the molecule is Cl.FC(F)(F)c1cc(-c2nc3ccc(C4CNCCO4)cc3o2)ccn1. The molecule has 26 heavy (non-hydrogen) atoms. The molecular weight excluding hydrogens is 371 g/mol. The molecule has 1 fully saturated rings. The summed E-state index contributed by atoms with van der Waals surface area (Å²) in [6.45, 7) is 2.14. The van der Waals surface area contributed by atoms with Crippen LogP contribution in [0.2, 0.25) is 0 Å². The van der Waals surface area contributed by atoms with Gasteiger partial charge in [0.15, 0.2) is 5.58 Å². The number of ether oxygens (including phenoxy) is 1. The van der Waals surface area contributed by atoms with Gasteiger partial charge in [0.1, 0.15) is 11.2 Å². The molecule has 1 saturated heterocycles. The van der Waals surface area contributed by atoms with Crippen LogP contribution in [-0.2, 0) is 10.9 Å². The zero-order chi connectivity index (χ0) is 17.4. The van der Waals surface area contributed by atoms with Gasteiger partial charge in [0, 0.05) is 24.8 Å². The minimum absolute atomic E-state index is 0. The fourth-order valence-electron chi connectivity index (χ4n) is 2.76. The molecule has 3 aromatic rings. The van der Waals surface area contributed by atoms with E-state index in [2.05, 4.69) is 15.3 Å². The third kappa shape index (κ3) is 3.67. The maximum Gasteiger partial charge on any atom is 0.433 e. The molecule has 1 aliphatic heterocycles. The number of nitrogens with one attached hydrogen (secondary N) is 1. The third-order valence-corrected chi connectivity index (χ3v) is 4.01. The molecule has 0 bridgehead atoms. The molecule has 1 aromatic carbocycles. The van der Waals surface area contributed by atoms with Gasteiger partial charge in [-0.1, -0.05) is 6.07 Å². The lowest BCUT2D eigenvalue weighted by molar-refractivity contribution is -0.141. The molecule has 2 aromatic heterocycles. The van der Waals surface area contributed by atoms with E-state index in [1.165, 1.54) is 6.07 Å². The van der Waals surface area contributed by atoms with E-state index in [1.807, 2.05) is 12.1 Å². The smallest absolute Gasteiger partial charge is 0.433 e. The van der Waals surface area contributed by atoms with Gasteiger partial charge in [-0.25, -0.2) is 4.98 Å². The number of fused-ring (bicyclic) bond motifs is 1. The van der Waals surface area contributed by atoms with Gasteiger partial charge in [0.05, 0.1) is 12.7 Å². The molecule has 1 atom stereocenters. The van der Waals surface area contributed by atoms with Crippen LogP contribution in [-0.4, -0.2) is 29.7 Å². The van der Waals surface area contributed by atoms with Gasteiger partial charge >= 0.3 is 6.18 Å². The number of rotatable bonds is 2. The van der Waals surface area contributed by atoms with Crippen LogP contribution in [0.5, 0.6) is 0 Å². The number of oxazole rings is 1. The first-order valence-corrected chi connectivity index (χ1v) is 7.77. The summed E-state index contributed by atoms with van der Waals surface area (Å²) >= 11 is 0. The lowest BCUT2D eigenvalue weighted by atomic mass is 10.1. The summed E-state index contributed by atoms with van der Waals surface area (Å²) in [6.07, 6.45) is -3.50. The van der Waals surface area contributed by atoms with E-state index in [-0.39, 0.29) is 30.0 Å². The second-order valence-corrected chi connectivity index (χ2v) is 5.74. The van der Waals surface area contributed by atoms with Crippen molar-refractivity contribution in [2.45, 2.75) is 12.3 Å². The first-order valence-electron chi connectivity index (χ1n) is 7.77. The predicted molar refractivity (Wildman–Crippen MR) is 91.1 cm³/mol. The highest BCUT2D eigenvalue weighted by molar-refractivity contribution is 5.85. The van der Waals surface area contributed by atoms with Crippen LogP contribution in [0.15, 0.2) is 40.9 Å². The van der Waals surface area contributed by atoms with Crippen molar-refractivity contribution in [1.82, 2.24) is 15.3 Å². The number of benzene rings is 1. The lowest BCUT2D eigenvalue weighted by Crippen LogP contribution is -2.33. The maximum absolute atomic E-state index is 12.8. The van der Waals surface area contributed by atoms with E-state index in [0.29, 0.717) is 24.3 Å². The average molecular weight is 386 g/mol. The Morgan fingerprint density at radius 1 is 1.15 bits per heavy atom. The Hall–Kier alpha value is -2.16. The van der Waals surface area contributed by atoms with Crippen molar-refractivity contribution >= 4 is 23.5 Å². The number of aromatic nitrogens is 2. The molecule has 0 radical (unpaired) electrons. The Kier molecular flexibility index (Phi) is 5.17. The summed E-state index contributed by atoms with van der Waals surface area (Å²) in [7, 11) is 0. The van der Waals surface area contributed by atoms with Crippen LogP contribution in [0.1, 0.15) is 17.4 Å². The number of morpholine rings is 1. The van der Waals surface area contributed by atoms with Gasteiger partial charge in [-0.2, -0.15) is 13.2 Å². The highest BCUT2D eigenvalue weighted by atomic mass is 35.5. The molecule has 0 saturated carbocycles. The van der Waals surface area contributed by atoms with E-state index in [9.17, 15) is 13.2 Å². The summed E-state index contributed by atoms with van der Waals surface area (Å²) < 4.78 is 49.8. The van der Waals surface area contributed by atoms with Crippen LogP contribution in [0.4, 0.5) is 13.2 Å². The molecule has 0 amide bonds. The Labute approximate surface area is 153 Å². The van der Waals surface area contributed by atoms with E-state index in [4.69, 9.17) is 9.15 Å². The molecule has 5 nitrogen and oxygen atoms in total. The molecule has 4 rings (SSSR count). The second-order valence-electron chi connectivity index (χ2n) is 5.74. The standard InChI is InChI=1S/C17H14F3N3O2.ClH/c18-17(19,20)15-8-11(3-4-22-15)16-23-12-2-1-10(7-13(12)25-16)14-9-21-5-6-24-14;/h1-4,7-8,14,21H,5-6,9H2;1H. The van der Waals surface area contributed by atoms with E-state index in [0.717, 1.165) is 24.4 Å². The van der Waals surface area contributed by atoms with Crippen molar-refractivity contribution in [3.8, 4) is 11.5 Å². The fourth-order valence-corrected chi connectivity index (χ4v) is 2.76. The van der Waals surface area contributed by atoms with Gasteiger partial charge in [0.25, 0.3) is 0 Å². The van der Waals surface area contributed by atoms with Gasteiger partial charge in [-0.05, 0) is 29.8 Å². The van der Waals surface area contributed by atoms with Gasteiger partial charge in [-0.15, -0.1) is 12.4 Å². The predicted octanol–water partition coefficient (Wildman–Crippen LogP) is 3.99. The van der Waals surface area contributed by atoms with Crippen LogP contribution in [0.25, 0.3) is 22.6 Å². The second kappa shape index (κ2) is 7.22. The molecule has 9 heteroatoms. The zero-order valence-corrected chi connectivity index (χ0v) is 14.2. The number of hydrogen-bond donors (Lipinski definition) is 1. The molecule has 1 unspecified atom stereocenters. The normalized spacial score (nSPS) is 17.9. The van der Waals surface area contributed by atoms with Crippen LogP contribution >= 0.6 is 12.4 Å². The van der Waals surface area contributed by atoms with Gasteiger partial charge in [-0.3, -0.25) is 4.98 Å². The van der Waals surface area contributed by atoms with Crippen molar-refractivity contribution in [2.75, 3.05) is 19.7 Å². The van der Waals surface area contributed by atoms with Crippen molar-refractivity contribution < 1.29 is 22.3 Å². The van der Waals surface area contributed by atoms with Crippen molar-refractivity contribution in [1.29, 1.82) is 0 Å². The van der Waals surface area contributed by atoms with Crippen molar-refractivity contribution in [3.63, 3.8) is 0 Å². The van der Waals surface area contributed by atoms with Crippen molar-refractivity contribution in [2.24, 2.45) is 0 Å². The molecule has 138 valence electrons. The number of alkyl halides is 3. The number of hydrogen-bond acceptors (Lipinski definition) is 5. The molecule has 1 N–H and O–H groups in total. The Balaban J connectivity index is 0.00000196. The molecule has 1 aliphatic rings. The summed E-state index contributed by atoms with van der Waals surface area (Å²) in [4.78, 5) is 7.62. The van der Waals surface area contributed by atoms with Crippen LogP contribution < -0.4 is 5.32 Å². The molecule has 0 spiro atoms. The largest absolute Gasteiger partial charge is 0.436 e. The highest BCUT2D eigenvalue weighted by Crippen LogP contribution is 2.32. The summed E-state index contributed by atoms with van der Waals surface area (Å²) in [5.41, 5.74) is 1.28. The van der Waals surface area contributed by atoms with E-state index in [1.54, 1.807) is 6.07 Å². The maximum atomic E-state index is 12.8. The molecule has 0 aliphatic carbocycles. The third-order valence-electron chi connectivity index (χ3n) is 4.01. The summed E-state index contributed by atoms with van der Waals surface area (Å²) in [5.74, 6) is 0.128. The van der Waals surface area contributed by atoms with E-state index >= 15 is 0 Å². The molecular formula is C17H15ClF3N3O2. The number of pyridine rings is 1. The first kappa shape index (κ1) is 18.6. The Morgan fingerprint density at radius 3 is 2.73 bits per heavy atom. The van der Waals surface area contributed by atoms with Gasteiger partial charge < -0.3 is 14.5 Å². The highest BCUT2D eigenvalue weighted by Gasteiger charge is 2.32. The monoisotopic (exact) mass is 385 g/mol. The Morgan fingerprint density at radius 2 is 2.00 bits per heavy atom. The number of halogens is 4. The topological polar surface area (TPSA) is 60.2 Å². The minimum atomic E-state index is -4.51. The van der Waals surface area contributed by atoms with Crippen LogP contribution in [0, 0.1) is 0 Å². The van der Waals surface area contributed by atoms with E-state index < -0.39 is 11.9 Å². The first-order chi connectivity index (χ1) is 12.0. The summed E-state index contributed by atoms with van der Waals surface area (Å²) in [5, 5.41) is 3.25. The summed E-state index contributed by atoms with van der Waals surface area (Å²) in [6, 6.07) is 7.85. The number of nitrogens with zero attached hydrogens (tertiary/aromatic N) is 2. The van der Waals surface area contributed by atoms with Gasteiger partial charge in [0.2, 0.25) is 5.89 Å². The average Bonchev–Trinajstić information content (AvgIpc) is 3.05. The fraction of sp³-hybridized carbons (Fsp3) is 0.294. The quantitative estimate of drug-likeness (QED) is 0.722. The Bertz CT molecular complexity index is 908.